The van der Waals surface area contributed by atoms with Crippen molar-refractivity contribution in [1.29, 1.82) is 0 Å². The number of alkyl halides is 3. The predicted molar refractivity (Wildman–Crippen MR) is 21.3 cm³/mol. The fraction of sp³-hybridized carbons (Fsp3) is 1.00. The Kier molecular flexibility index (Phi) is 10.9. The van der Waals surface area contributed by atoms with E-state index in [0.717, 1.165) is 0 Å². The fourth-order valence-corrected chi connectivity index (χ4v) is 0. The minimum absolute atomic E-state index is 0. The van der Waals surface area contributed by atoms with Crippen LogP contribution in [0.25, 0.3) is 0 Å². The smallest absolute Gasteiger partial charge is 0.0874 e. The van der Waals surface area contributed by atoms with Crippen LogP contribution < -0.4 is 0 Å². The van der Waals surface area contributed by atoms with Gasteiger partial charge in [0.2, 0.25) is 0 Å². The van der Waals surface area contributed by atoms with Crippen LogP contribution >= 0.6 is 34.8 Å². The molecule has 0 aromatic rings. The van der Waals surface area contributed by atoms with E-state index in [4.69, 9.17) is 34.8 Å². The largest absolute Gasteiger partial charge is 0.180 e. The molecule has 0 atom stereocenters. The summed E-state index contributed by atoms with van der Waals surface area (Å²) in [5.74, 6) is 0. The van der Waals surface area contributed by atoms with Crippen molar-refractivity contribution in [2.75, 3.05) is 0 Å². The van der Waals surface area contributed by atoms with Crippen LogP contribution in [0.2, 0.25) is 0 Å². The van der Waals surface area contributed by atoms with E-state index < -0.39 is 4.30 Å². The van der Waals surface area contributed by atoms with Gasteiger partial charge in [-0.25, -0.2) is 0 Å². The standard InChI is InChI=1S/CHCl3.Ti/c2-1(3)4;/h1H;. The topological polar surface area (TPSA) is 0 Å². The molecule has 0 bridgehead atoms. The van der Waals surface area contributed by atoms with E-state index in [9.17, 15) is 0 Å². The van der Waals surface area contributed by atoms with Crippen LogP contribution in [0.5, 0.6) is 0 Å². The van der Waals surface area contributed by atoms with Gasteiger partial charge in [-0.15, -0.1) is 0 Å². The summed E-state index contributed by atoms with van der Waals surface area (Å²) in [5, 5.41) is 0. The summed E-state index contributed by atoms with van der Waals surface area (Å²) in [6.45, 7) is 0. The zero-order chi connectivity index (χ0) is 3.58. The van der Waals surface area contributed by atoms with Crippen LogP contribution in [0, 0.1) is 0 Å². The Hall–Kier alpha value is 1.58. The van der Waals surface area contributed by atoms with Crippen molar-refractivity contribution in [2.45, 2.75) is 4.30 Å². The molecule has 0 aromatic carbocycles. The minimum Gasteiger partial charge on any atom is -0.0874 e. The van der Waals surface area contributed by atoms with Crippen LogP contribution in [0.1, 0.15) is 0 Å². The van der Waals surface area contributed by atoms with Gasteiger partial charge in [0, 0.05) is 21.7 Å². The molecular weight excluding hydrogens is 166 g/mol. The van der Waals surface area contributed by atoms with Crippen molar-refractivity contribution in [1.82, 2.24) is 0 Å². The molecule has 0 rings (SSSR count). The maximum absolute atomic E-state index is 4.81. The molecule has 0 spiro atoms. The van der Waals surface area contributed by atoms with Crippen LogP contribution in [0.15, 0.2) is 0 Å². The molecular formula is CHCl3Ti. The van der Waals surface area contributed by atoms with Crippen LogP contribution in [-0.2, 0) is 21.7 Å². The van der Waals surface area contributed by atoms with Crippen molar-refractivity contribution >= 4 is 34.8 Å². The van der Waals surface area contributed by atoms with Gasteiger partial charge in [0.15, 0.2) is 4.30 Å². The molecule has 5 heavy (non-hydrogen) atoms. The molecule has 0 amide bonds. The first kappa shape index (κ1) is 9.77. The third-order valence-electron chi connectivity index (χ3n) is 0. The zero-order valence-corrected chi connectivity index (χ0v) is 6.04. The van der Waals surface area contributed by atoms with Crippen LogP contribution in [0.3, 0.4) is 0 Å². The Labute approximate surface area is 60.7 Å². The van der Waals surface area contributed by atoms with Crippen LogP contribution in [0.4, 0.5) is 0 Å². The van der Waals surface area contributed by atoms with Gasteiger partial charge in [0.1, 0.15) is 0 Å². The van der Waals surface area contributed by atoms with Crippen LogP contribution in [-0.4, -0.2) is 4.30 Å². The van der Waals surface area contributed by atoms with Crippen molar-refractivity contribution < 1.29 is 21.7 Å². The molecule has 0 saturated heterocycles. The molecule has 0 nitrogen and oxygen atoms in total. The summed E-state index contributed by atoms with van der Waals surface area (Å²) < 4.78 is -0.750. The van der Waals surface area contributed by atoms with E-state index in [2.05, 4.69) is 0 Å². The van der Waals surface area contributed by atoms with Gasteiger partial charge in [0.05, 0.1) is 0 Å². The van der Waals surface area contributed by atoms with Gasteiger partial charge in [-0.3, -0.25) is 0 Å². The molecule has 0 aromatic heterocycles. The van der Waals surface area contributed by atoms with Crippen molar-refractivity contribution in [3.05, 3.63) is 0 Å². The third-order valence-corrected chi connectivity index (χ3v) is 0. The monoisotopic (exact) mass is 166 g/mol. The maximum Gasteiger partial charge on any atom is 0.180 e. The quantitative estimate of drug-likeness (QED) is 0.382. The maximum atomic E-state index is 4.81. The summed E-state index contributed by atoms with van der Waals surface area (Å²) in [7, 11) is 0. The van der Waals surface area contributed by atoms with E-state index in [-0.39, 0.29) is 21.7 Å². The second-order valence-corrected chi connectivity index (χ2v) is 2.23. The van der Waals surface area contributed by atoms with Crippen molar-refractivity contribution in [2.24, 2.45) is 0 Å². The van der Waals surface area contributed by atoms with Gasteiger partial charge >= 0.3 is 0 Å². The average Bonchev–Trinajstić information content (AvgIpc) is 0.811. The second kappa shape index (κ2) is 5.58. The molecule has 4 heteroatoms. The second-order valence-electron chi connectivity index (χ2n) is 0.247. The molecule has 0 aliphatic heterocycles. The summed E-state index contributed by atoms with van der Waals surface area (Å²) in [4.78, 5) is 0. The van der Waals surface area contributed by atoms with E-state index in [1.54, 1.807) is 0 Å². The molecule has 30 valence electrons. The Morgan fingerprint density at radius 2 is 1.00 bits per heavy atom. The van der Waals surface area contributed by atoms with E-state index in [1.807, 2.05) is 0 Å². The van der Waals surface area contributed by atoms with Gasteiger partial charge < -0.3 is 0 Å². The number of hydrogen-bond donors (Lipinski definition) is 0. The summed E-state index contributed by atoms with van der Waals surface area (Å²) in [6.07, 6.45) is 0. The predicted octanol–water partition coefficient (Wildman–Crippen LogP) is 1.98. The first-order chi connectivity index (χ1) is 1.73. The normalized spacial score (nSPS) is 7.20. The van der Waals surface area contributed by atoms with E-state index >= 15 is 0 Å². The first-order valence-corrected chi connectivity index (χ1v) is 1.96. The molecule has 0 aliphatic rings. The average molecular weight is 167 g/mol. The van der Waals surface area contributed by atoms with Gasteiger partial charge in [-0.05, 0) is 0 Å². The molecule has 0 N–H and O–H groups in total. The van der Waals surface area contributed by atoms with E-state index in [0.29, 0.717) is 0 Å². The molecule has 0 saturated carbocycles. The number of rotatable bonds is 0. The van der Waals surface area contributed by atoms with Gasteiger partial charge in [-0.1, -0.05) is 34.8 Å². The molecule has 0 fully saturated rings. The molecule has 0 heterocycles. The molecule has 0 radical (unpaired) electrons. The third kappa shape index (κ3) is 28.6. The number of hydrogen-bond acceptors (Lipinski definition) is 0. The summed E-state index contributed by atoms with van der Waals surface area (Å²) >= 11 is 14.4. The Balaban J connectivity index is 0. The minimum atomic E-state index is -0.750. The fourth-order valence-electron chi connectivity index (χ4n) is 0. The van der Waals surface area contributed by atoms with Gasteiger partial charge in [-0.2, -0.15) is 0 Å². The zero-order valence-electron chi connectivity index (χ0n) is 2.21. The van der Waals surface area contributed by atoms with E-state index in [1.165, 1.54) is 0 Å². The van der Waals surface area contributed by atoms with Crippen molar-refractivity contribution in [3.8, 4) is 0 Å². The first-order valence-electron chi connectivity index (χ1n) is 0.655. The SMILES string of the molecule is ClC(Cl)Cl.[Ti]. The molecule has 0 unspecified atom stereocenters. The van der Waals surface area contributed by atoms with Crippen molar-refractivity contribution in [3.63, 3.8) is 0 Å². The molecule has 0 aliphatic carbocycles. The Bertz CT molecular complexity index is 11.6. The summed E-state index contributed by atoms with van der Waals surface area (Å²) in [6, 6.07) is 0. The summed E-state index contributed by atoms with van der Waals surface area (Å²) in [5.41, 5.74) is 0. The Morgan fingerprint density at radius 3 is 1.00 bits per heavy atom. The van der Waals surface area contributed by atoms with Gasteiger partial charge in [0.25, 0.3) is 0 Å². The Morgan fingerprint density at radius 1 is 1.00 bits per heavy atom. The number of halogens is 3.